The average Bonchev–Trinajstić information content (AvgIpc) is 4.15. The molecular weight excluding hydrogens is 829 g/mol. The van der Waals surface area contributed by atoms with Gasteiger partial charge in [-0.2, -0.15) is 10.2 Å². The van der Waals surface area contributed by atoms with Crippen molar-refractivity contribution in [2.24, 2.45) is 13.0 Å². The molecule has 3 amide bonds. The second-order valence-electron chi connectivity index (χ2n) is 17.8. The number of piperidine rings is 2. The van der Waals surface area contributed by atoms with Gasteiger partial charge in [0.05, 0.1) is 59.4 Å². The average molecular weight is 880 g/mol. The summed E-state index contributed by atoms with van der Waals surface area (Å²) in [6.45, 7) is 5.68. The highest BCUT2D eigenvalue weighted by Gasteiger charge is 2.40. The van der Waals surface area contributed by atoms with Crippen molar-refractivity contribution < 1.29 is 32.6 Å². The highest BCUT2D eigenvalue weighted by Crippen LogP contribution is 2.38. The molecule has 5 aromatic rings. The lowest BCUT2D eigenvalue weighted by molar-refractivity contribution is -0.135. The lowest BCUT2D eigenvalue weighted by atomic mass is 9.81. The van der Waals surface area contributed by atoms with Gasteiger partial charge in [0.15, 0.2) is 11.3 Å². The molecule has 8 heterocycles. The summed E-state index contributed by atoms with van der Waals surface area (Å²) in [5.74, 6) is 6.09. The molecule has 5 aliphatic rings. The monoisotopic (exact) mass is 879 g/mol. The molecule has 4 saturated heterocycles. The minimum atomic E-state index is -2.87. The first kappa shape index (κ1) is 42.0. The summed E-state index contributed by atoms with van der Waals surface area (Å²) in [6, 6.07) is 7.07. The third-order valence-corrected chi connectivity index (χ3v) is 14.1. The van der Waals surface area contributed by atoms with Crippen molar-refractivity contribution >= 4 is 45.9 Å². The Hall–Kier alpha value is -5.97. The Morgan fingerprint density at radius 2 is 1.88 bits per heavy atom. The van der Waals surface area contributed by atoms with Crippen LogP contribution in [0.15, 0.2) is 47.7 Å². The van der Waals surface area contributed by atoms with E-state index in [1.54, 1.807) is 24.0 Å². The number of likely N-dealkylation sites (tertiary alicyclic amines) is 1. The number of carbonyl (C=O) groups excluding carboxylic acids is 3. The van der Waals surface area contributed by atoms with Crippen molar-refractivity contribution in [3.05, 3.63) is 70.2 Å². The van der Waals surface area contributed by atoms with E-state index in [-0.39, 0.29) is 66.6 Å². The lowest BCUT2D eigenvalue weighted by Gasteiger charge is -2.41. The maximum Gasteiger partial charge on any atom is 0.329 e. The number of imide groups is 1. The zero-order valence-electron chi connectivity index (χ0n) is 35.8. The molecule has 17 nitrogen and oxygen atoms in total. The maximum atomic E-state index is 14.3. The van der Waals surface area contributed by atoms with Crippen LogP contribution in [0.3, 0.4) is 0 Å². The van der Waals surface area contributed by atoms with Crippen LogP contribution >= 0.6 is 0 Å². The van der Waals surface area contributed by atoms with Crippen molar-refractivity contribution in [2.75, 3.05) is 43.1 Å². The first-order valence-electron chi connectivity index (χ1n) is 22.3. The molecule has 19 heteroatoms. The maximum absolute atomic E-state index is 14.3. The quantitative estimate of drug-likeness (QED) is 0.151. The number of aromatic nitrogens is 7. The van der Waals surface area contributed by atoms with Crippen LogP contribution in [0.5, 0.6) is 0 Å². The summed E-state index contributed by atoms with van der Waals surface area (Å²) in [6.07, 6.45) is 8.65. The highest BCUT2D eigenvalue weighted by molar-refractivity contribution is 6.08. The fraction of sp³-hybridized carbons (Fsp3) is 0.533. The Kier molecular flexibility index (Phi) is 11.3. The number of imidazole rings is 1. The highest BCUT2D eigenvalue weighted by atomic mass is 19.3. The van der Waals surface area contributed by atoms with E-state index in [2.05, 4.69) is 49.4 Å². The van der Waals surface area contributed by atoms with E-state index in [0.717, 1.165) is 70.4 Å². The van der Waals surface area contributed by atoms with E-state index >= 15 is 0 Å². The van der Waals surface area contributed by atoms with E-state index < -0.39 is 30.0 Å². The third-order valence-electron chi connectivity index (χ3n) is 14.1. The number of fused-ring (bicyclic) bond motifs is 4. The van der Waals surface area contributed by atoms with E-state index in [9.17, 15) is 28.0 Å². The van der Waals surface area contributed by atoms with Gasteiger partial charge in [0.2, 0.25) is 11.8 Å². The number of alkyl halides is 2. The van der Waals surface area contributed by atoms with Gasteiger partial charge in [-0.3, -0.25) is 33.5 Å². The first-order chi connectivity index (χ1) is 31.0. The molecule has 0 spiro atoms. The number of para-hydroxylation sites is 1. The summed E-state index contributed by atoms with van der Waals surface area (Å²) < 4.78 is 46.7. The fourth-order valence-corrected chi connectivity index (χ4v) is 10.6. The molecule has 1 aromatic carbocycles. The summed E-state index contributed by atoms with van der Waals surface area (Å²) in [5.41, 5.74) is 1.62. The molecule has 10 rings (SSSR count). The number of ether oxygens (including phenoxy) is 2. The Balaban J connectivity index is 0.712. The first-order valence-corrected chi connectivity index (χ1v) is 22.3. The number of rotatable bonds is 10. The normalized spacial score (nSPS) is 24.7. The topological polar surface area (TPSA) is 175 Å². The molecule has 4 atom stereocenters. The van der Waals surface area contributed by atoms with E-state index in [1.807, 2.05) is 18.2 Å². The number of hydrogen-bond donors (Lipinski definition) is 2. The number of halogens is 2. The predicted molar refractivity (Wildman–Crippen MR) is 230 cm³/mol. The molecule has 5 fully saturated rings. The molecular formula is C45H51F2N11O6. The number of morpholine rings is 1. The zero-order chi connectivity index (χ0) is 44.2. The van der Waals surface area contributed by atoms with Crippen molar-refractivity contribution in [3.63, 3.8) is 0 Å². The van der Waals surface area contributed by atoms with Crippen molar-refractivity contribution in [1.82, 2.24) is 43.7 Å². The SMILES string of the molecule is CC([C@H]1CC[C@H](n2cc(NC(=O)c3cnn4ccc(N5C[C@H]6C[C@@H]5CO6)nc34)c(C(F)F)n2)CC1)N1CCC(OCC#Cc2cccc3c2n(C)c(=O)n3C2CCC(=O)NC2=O)CC1. The van der Waals surface area contributed by atoms with Crippen molar-refractivity contribution in [1.29, 1.82) is 0 Å². The number of nitrogens with zero attached hydrogens (tertiary/aromatic N) is 9. The van der Waals surface area contributed by atoms with E-state index in [0.29, 0.717) is 40.8 Å². The third kappa shape index (κ3) is 7.85. The number of carbonyl (C=O) groups is 3. The summed E-state index contributed by atoms with van der Waals surface area (Å²) >= 11 is 0. The second kappa shape index (κ2) is 17.2. The minimum Gasteiger partial charge on any atom is -0.374 e. The van der Waals surface area contributed by atoms with E-state index in [4.69, 9.17) is 14.5 Å². The Morgan fingerprint density at radius 3 is 2.61 bits per heavy atom. The van der Waals surface area contributed by atoms with Crippen LogP contribution in [0.25, 0.3) is 16.7 Å². The predicted octanol–water partition coefficient (Wildman–Crippen LogP) is 4.38. The lowest BCUT2D eigenvalue weighted by Crippen LogP contribution is -2.46. The van der Waals surface area contributed by atoms with Crippen molar-refractivity contribution in [3.8, 4) is 11.8 Å². The fourth-order valence-electron chi connectivity index (χ4n) is 10.6. The largest absolute Gasteiger partial charge is 0.374 e. The Bertz CT molecular complexity index is 2730. The van der Waals surface area contributed by atoms with Crippen LogP contribution < -0.4 is 21.2 Å². The molecule has 1 saturated carbocycles. The second-order valence-corrected chi connectivity index (χ2v) is 17.8. The van der Waals surface area contributed by atoms with Crippen LogP contribution in [-0.2, 0) is 26.1 Å². The van der Waals surface area contributed by atoms with Gasteiger partial charge in [0.25, 0.3) is 12.3 Å². The van der Waals surface area contributed by atoms with Gasteiger partial charge in [-0.05, 0) is 82.4 Å². The number of amides is 3. The Morgan fingerprint density at radius 1 is 1.06 bits per heavy atom. The molecule has 2 unspecified atom stereocenters. The van der Waals surface area contributed by atoms with Gasteiger partial charge in [-0.25, -0.2) is 23.1 Å². The summed E-state index contributed by atoms with van der Waals surface area (Å²) in [7, 11) is 1.66. The van der Waals surface area contributed by atoms with Crippen LogP contribution in [0, 0.1) is 17.8 Å². The molecule has 2 bridgehead atoms. The number of nitrogens with one attached hydrogen (secondary N) is 2. The Labute approximate surface area is 367 Å². The molecule has 2 N–H and O–H groups in total. The molecule has 4 aliphatic heterocycles. The number of benzene rings is 1. The summed E-state index contributed by atoms with van der Waals surface area (Å²) in [4.78, 5) is 60.6. The molecule has 336 valence electrons. The number of hydrogen-bond acceptors (Lipinski definition) is 11. The van der Waals surface area contributed by atoms with E-state index in [1.165, 1.54) is 26.0 Å². The molecule has 4 aromatic heterocycles. The molecule has 0 radical (unpaired) electrons. The molecule has 1 aliphatic carbocycles. The minimum absolute atomic E-state index is 0.0119. The van der Waals surface area contributed by atoms with Gasteiger partial charge in [-0.1, -0.05) is 17.9 Å². The van der Waals surface area contributed by atoms with Crippen molar-refractivity contribution in [2.45, 2.75) is 108 Å². The smallest absolute Gasteiger partial charge is 0.329 e. The van der Waals surface area contributed by atoms with Gasteiger partial charge in [0.1, 0.15) is 24.0 Å². The van der Waals surface area contributed by atoms with Gasteiger partial charge < -0.3 is 24.6 Å². The van der Waals surface area contributed by atoms with Crippen LogP contribution in [0.2, 0.25) is 0 Å². The number of aryl methyl sites for hydroxylation is 1. The number of anilines is 2. The standard InChI is InChI=1S/C45H51F2N11O6/c1-26(54-17-14-31(15-18-54)63-20-4-6-28-5-3-7-35-40(28)53(2)45(62)58(35)36-12-13-38(59)51-44(36)61)27-8-10-29(11-9-27)57-24-34(39(52-57)41(46)47)49-43(60)33-22-48-56-19-16-37(50-42(33)56)55-23-32-21-30(55)25-64-32/h3,5,7,16,19,22,24,26-27,29-32,36,41H,8-15,17-18,20-21,23,25H2,1-2H3,(H,49,60)(H,51,59,61)/t26?,27-,29-,30-,32-,36?/m1/s1. The van der Waals surface area contributed by atoms with Crippen LogP contribution in [0.1, 0.15) is 105 Å². The summed E-state index contributed by atoms with van der Waals surface area (Å²) in [5, 5.41) is 13.6. The van der Waals surface area contributed by atoms with Gasteiger partial charge in [0, 0.05) is 51.5 Å². The van der Waals surface area contributed by atoms with Crippen LogP contribution in [0.4, 0.5) is 20.3 Å². The molecule has 64 heavy (non-hydrogen) atoms. The van der Waals surface area contributed by atoms with Gasteiger partial charge >= 0.3 is 5.69 Å². The van der Waals surface area contributed by atoms with Gasteiger partial charge in [-0.15, -0.1) is 0 Å². The van der Waals surface area contributed by atoms with Crippen LogP contribution in [-0.4, -0.2) is 113 Å². The zero-order valence-corrected chi connectivity index (χ0v) is 35.8.